The van der Waals surface area contributed by atoms with E-state index in [2.05, 4.69) is 69.1 Å². The van der Waals surface area contributed by atoms with Gasteiger partial charge in [-0.05, 0) is 29.4 Å². The van der Waals surface area contributed by atoms with E-state index in [1.54, 1.807) is 0 Å². The van der Waals surface area contributed by atoms with Gasteiger partial charge in [-0.2, -0.15) is 0 Å². The lowest BCUT2D eigenvalue weighted by atomic mass is 9.85. The van der Waals surface area contributed by atoms with Crippen LogP contribution in [0.25, 0.3) is 0 Å². The van der Waals surface area contributed by atoms with Gasteiger partial charge in [-0.1, -0.05) is 52.8 Å². The van der Waals surface area contributed by atoms with Gasteiger partial charge in [-0.25, -0.2) is 4.79 Å². The second-order valence-electron chi connectivity index (χ2n) is 8.16. The number of benzene rings is 1. The van der Waals surface area contributed by atoms with Crippen molar-refractivity contribution in [2.75, 3.05) is 37.6 Å². The molecule has 0 bridgehead atoms. The summed E-state index contributed by atoms with van der Waals surface area (Å²) in [6, 6.07) is 8.73. The maximum absolute atomic E-state index is 12.2. The Balaban J connectivity index is 1.93. The van der Waals surface area contributed by atoms with Crippen molar-refractivity contribution >= 4 is 11.7 Å². The largest absolute Gasteiger partial charge is 0.368 e. The van der Waals surface area contributed by atoms with Crippen LogP contribution >= 0.6 is 0 Å². The minimum absolute atomic E-state index is 0.0828. The Bertz CT molecular complexity index is 540. The summed E-state index contributed by atoms with van der Waals surface area (Å²) in [4.78, 5) is 16.6. The quantitative estimate of drug-likeness (QED) is 0.909. The van der Waals surface area contributed by atoms with Crippen molar-refractivity contribution in [3.63, 3.8) is 0 Å². The van der Waals surface area contributed by atoms with Crippen LogP contribution in [0.5, 0.6) is 0 Å². The monoisotopic (exact) mass is 331 g/mol. The van der Waals surface area contributed by atoms with Gasteiger partial charge in [0.15, 0.2) is 0 Å². The minimum Gasteiger partial charge on any atom is -0.368 e. The normalized spacial score (nSPS) is 15.8. The van der Waals surface area contributed by atoms with Gasteiger partial charge in [-0.15, -0.1) is 0 Å². The number of hydrogen-bond acceptors (Lipinski definition) is 2. The highest BCUT2D eigenvalue weighted by molar-refractivity contribution is 5.74. The Morgan fingerprint density at radius 3 is 2.33 bits per heavy atom. The molecule has 1 heterocycles. The molecule has 0 spiro atoms. The summed E-state index contributed by atoms with van der Waals surface area (Å²) in [5, 5.41) is 3.04. The molecular formula is C20H33N3O. The number of carbonyl (C=O) groups is 1. The number of rotatable bonds is 4. The van der Waals surface area contributed by atoms with E-state index in [1.807, 2.05) is 4.90 Å². The molecule has 1 aliphatic heterocycles. The van der Waals surface area contributed by atoms with Crippen LogP contribution in [0.4, 0.5) is 10.5 Å². The highest BCUT2D eigenvalue weighted by Gasteiger charge is 2.25. The number of hydrogen-bond donors (Lipinski definition) is 1. The molecule has 1 saturated heterocycles. The Kier molecular flexibility index (Phi) is 6.14. The Morgan fingerprint density at radius 2 is 1.75 bits per heavy atom. The zero-order valence-corrected chi connectivity index (χ0v) is 15.9. The first kappa shape index (κ1) is 18.6. The molecule has 4 heteroatoms. The molecule has 1 aromatic carbocycles. The molecule has 0 aromatic heterocycles. The van der Waals surface area contributed by atoms with E-state index >= 15 is 0 Å². The van der Waals surface area contributed by atoms with Gasteiger partial charge in [0.1, 0.15) is 0 Å². The van der Waals surface area contributed by atoms with Gasteiger partial charge >= 0.3 is 6.03 Å². The third-order valence-electron chi connectivity index (χ3n) is 4.62. The number of para-hydroxylation sites is 1. The topological polar surface area (TPSA) is 35.6 Å². The van der Waals surface area contributed by atoms with Crippen molar-refractivity contribution in [3.8, 4) is 0 Å². The Hall–Kier alpha value is -1.71. The molecule has 134 valence electrons. The summed E-state index contributed by atoms with van der Waals surface area (Å²) in [5.74, 6) is 0.621. The molecule has 0 aliphatic carbocycles. The van der Waals surface area contributed by atoms with Crippen molar-refractivity contribution in [1.29, 1.82) is 0 Å². The smallest absolute Gasteiger partial charge is 0.317 e. The van der Waals surface area contributed by atoms with E-state index in [9.17, 15) is 4.79 Å². The fraction of sp³-hybridized carbons (Fsp3) is 0.650. The lowest BCUT2D eigenvalue weighted by molar-refractivity contribution is 0.194. The molecular weight excluding hydrogens is 298 g/mol. The van der Waals surface area contributed by atoms with E-state index in [4.69, 9.17) is 0 Å². The fourth-order valence-electron chi connectivity index (χ4n) is 3.11. The maximum atomic E-state index is 12.2. The van der Waals surface area contributed by atoms with E-state index in [-0.39, 0.29) is 11.4 Å². The molecule has 1 aliphatic rings. The molecule has 0 radical (unpaired) electrons. The predicted molar refractivity (Wildman–Crippen MR) is 102 cm³/mol. The van der Waals surface area contributed by atoms with Crippen LogP contribution in [0, 0.1) is 5.92 Å². The van der Waals surface area contributed by atoms with Crippen LogP contribution in [0.1, 0.15) is 46.6 Å². The minimum atomic E-state index is 0.0828. The molecule has 2 rings (SSSR count). The Labute approximate surface area is 147 Å². The number of nitrogens with zero attached hydrogens (tertiary/aromatic N) is 2. The van der Waals surface area contributed by atoms with Crippen LogP contribution in [0.15, 0.2) is 24.3 Å². The van der Waals surface area contributed by atoms with Gasteiger partial charge in [0.25, 0.3) is 0 Å². The highest BCUT2D eigenvalue weighted by Crippen LogP contribution is 2.32. The molecule has 24 heavy (non-hydrogen) atoms. The number of nitrogens with one attached hydrogen (secondary N) is 1. The molecule has 0 atom stereocenters. The summed E-state index contributed by atoms with van der Waals surface area (Å²) in [7, 11) is 0. The van der Waals surface area contributed by atoms with Gasteiger partial charge in [0.2, 0.25) is 0 Å². The summed E-state index contributed by atoms with van der Waals surface area (Å²) < 4.78 is 0. The molecule has 1 aromatic rings. The number of urea groups is 1. The standard InChI is InChI=1S/C20H33N3O/c1-16(2)10-11-21-19(24)23-14-12-22(13-15-23)18-9-7-6-8-17(18)20(3,4)5/h6-9,16H,10-15H2,1-5H3,(H,21,24). The van der Waals surface area contributed by atoms with Gasteiger partial charge in [0, 0.05) is 38.4 Å². The van der Waals surface area contributed by atoms with Crippen LogP contribution in [0.2, 0.25) is 0 Å². The van der Waals surface area contributed by atoms with Crippen molar-refractivity contribution in [1.82, 2.24) is 10.2 Å². The summed E-state index contributed by atoms with van der Waals surface area (Å²) in [6.07, 6.45) is 1.03. The Morgan fingerprint density at radius 1 is 1.12 bits per heavy atom. The van der Waals surface area contributed by atoms with Crippen molar-refractivity contribution in [3.05, 3.63) is 29.8 Å². The van der Waals surface area contributed by atoms with Gasteiger partial charge in [0.05, 0.1) is 0 Å². The zero-order chi connectivity index (χ0) is 17.7. The SMILES string of the molecule is CC(C)CCNC(=O)N1CCN(c2ccccc2C(C)(C)C)CC1. The average Bonchev–Trinajstić information content (AvgIpc) is 2.54. The van der Waals surface area contributed by atoms with Gasteiger partial charge < -0.3 is 15.1 Å². The van der Waals surface area contributed by atoms with E-state index < -0.39 is 0 Å². The van der Waals surface area contributed by atoms with Gasteiger partial charge in [-0.3, -0.25) is 0 Å². The lowest BCUT2D eigenvalue weighted by Crippen LogP contribution is -2.52. The first-order chi connectivity index (χ1) is 11.3. The summed E-state index contributed by atoms with van der Waals surface area (Å²) >= 11 is 0. The van der Waals surface area contributed by atoms with E-state index in [1.165, 1.54) is 11.3 Å². The van der Waals surface area contributed by atoms with Crippen LogP contribution in [-0.2, 0) is 5.41 Å². The third-order valence-corrected chi connectivity index (χ3v) is 4.62. The first-order valence-corrected chi connectivity index (χ1v) is 9.16. The van der Waals surface area contributed by atoms with Crippen LogP contribution in [0.3, 0.4) is 0 Å². The molecule has 4 nitrogen and oxygen atoms in total. The lowest BCUT2D eigenvalue weighted by Gasteiger charge is -2.38. The summed E-state index contributed by atoms with van der Waals surface area (Å²) in [5.41, 5.74) is 2.81. The number of piperazine rings is 1. The second kappa shape index (κ2) is 7.91. The van der Waals surface area contributed by atoms with E-state index in [0.29, 0.717) is 5.92 Å². The number of amides is 2. The first-order valence-electron chi connectivity index (χ1n) is 9.16. The molecule has 0 saturated carbocycles. The van der Waals surface area contributed by atoms with E-state index in [0.717, 1.165) is 39.1 Å². The van der Waals surface area contributed by atoms with Crippen molar-refractivity contribution < 1.29 is 4.79 Å². The second-order valence-corrected chi connectivity index (χ2v) is 8.16. The predicted octanol–water partition coefficient (Wildman–Crippen LogP) is 3.86. The average molecular weight is 332 g/mol. The third kappa shape index (κ3) is 4.89. The van der Waals surface area contributed by atoms with Crippen molar-refractivity contribution in [2.24, 2.45) is 5.92 Å². The summed E-state index contributed by atoms with van der Waals surface area (Å²) in [6.45, 7) is 15.2. The van der Waals surface area contributed by atoms with Crippen molar-refractivity contribution in [2.45, 2.75) is 46.5 Å². The maximum Gasteiger partial charge on any atom is 0.317 e. The fourth-order valence-corrected chi connectivity index (χ4v) is 3.11. The molecule has 1 fully saturated rings. The number of anilines is 1. The molecule has 2 amide bonds. The van der Waals surface area contributed by atoms with Crippen LogP contribution < -0.4 is 10.2 Å². The van der Waals surface area contributed by atoms with Crippen LogP contribution in [-0.4, -0.2) is 43.7 Å². The number of carbonyl (C=O) groups excluding carboxylic acids is 1. The molecule has 1 N–H and O–H groups in total. The highest BCUT2D eigenvalue weighted by atomic mass is 16.2. The molecule has 0 unspecified atom stereocenters. The zero-order valence-electron chi connectivity index (χ0n) is 15.9.